The molecule has 2 aromatic rings. The number of H-pyrrole nitrogens is 1. The maximum atomic E-state index is 12.2. The number of hydrogen-bond acceptors (Lipinski definition) is 6. The number of rotatable bonds is 3. The number of aromatic amines is 1. The Morgan fingerprint density at radius 3 is 2.77 bits per heavy atom. The summed E-state index contributed by atoms with van der Waals surface area (Å²) in [5, 5.41) is 6.59. The van der Waals surface area contributed by atoms with Crippen molar-refractivity contribution in [3.63, 3.8) is 0 Å². The number of fused-ring (bicyclic) bond motifs is 1. The van der Waals surface area contributed by atoms with E-state index >= 15 is 0 Å². The van der Waals surface area contributed by atoms with E-state index in [1.165, 1.54) is 10.6 Å². The summed E-state index contributed by atoms with van der Waals surface area (Å²) >= 11 is 0. The number of anilines is 2. The lowest BCUT2D eigenvalue weighted by atomic mass is 9.94. The van der Waals surface area contributed by atoms with E-state index in [2.05, 4.69) is 20.0 Å². The summed E-state index contributed by atoms with van der Waals surface area (Å²) in [6.45, 7) is 1.81. The molecule has 1 aromatic carbocycles. The molecule has 1 aliphatic heterocycles. The molecule has 0 radical (unpaired) electrons. The van der Waals surface area contributed by atoms with E-state index in [0.717, 1.165) is 5.56 Å². The summed E-state index contributed by atoms with van der Waals surface area (Å²) in [6.07, 6.45) is 1.79. The first-order chi connectivity index (χ1) is 10.4. The van der Waals surface area contributed by atoms with E-state index in [-0.39, 0.29) is 18.0 Å². The van der Waals surface area contributed by atoms with Gasteiger partial charge in [0.25, 0.3) is 0 Å². The van der Waals surface area contributed by atoms with Crippen LogP contribution < -0.4 is 15.4 Å². The van der Waals surface area contributed by atoms with Crippen molar-refractivity contribution in [3.05, 3.63) is 40.4 Å². The van der Waals surface area contributed by atoms with Gasteiger partial charge in [-0.3, -0.25) is 13.8 Å². The molecule has 0 spiro atoms. The Kier molecular flexibility index (Phi) is 3.44. The average molecular weight is 324 g/mol. The molecule has 0 unspecified atom stereocenters. The molecule has 2 heterocycles. The molecule has 3 rings (SSSR count). The monoisotopic (exact) mass is 324 g/mol. The van der Waals surface area contributed by atoms with Crippen LogP contribution in [-0.4, -0.2) is 36.9 Å². The number of aromatic nitrogens is 2. The Bertz CT molecular complexity index is 841. The molecule has 9 heteroatoms. The Balaban J connectivity index is 1.99. The van der Waals surface area contributed by atoms with Gasteiger partial charge in [0.15, 0.2) is 0 Å². The van der Waals surface area contributed by atoms with Crippen LogP contribution in [0.1, 0.15) is 12.5 Å². The summed E-state index contributed by atoms with van der Waals surface area (Å²) in [5.41, 5.74) is 1.60. The second kappa shape index (κ2) is 5.16. The highest BCUT2D eigenvalue weighted by atomic mass is 32.2. The highest BCUT2D eigenvalue weighted by Gasteiger charge is 2.36. The molecule has 1 aromatic heterocycles. The van der Waals surface area contributed by atoms with Crippen molar-refractivity contribution < 1.29 is 12.9 Å². The number of nitrogens with zero attached hydrogens (tertiary/aromatic N) is 2. The van der Waals surface area contributed by atoms with Crippen molar-refractivity contribution in [3.8, 4) is 0 Å². The molecule has 0 aliphatic carbocycles. The molecule has 0 bridgehead atoms. The van der Waals surface area contributed by atoms with Gasteiger partial charge in [-0.1, -0.05) is 18.2 Å². The van der Waals surface area contributed by atoms with Gasteiger partial charge < -0.3 is 5.32 Å². The van der Waals surface area contributed by atoms with E-state index in [0.29, 0.717) is 12.1 Å². The predicted molar refractivity (Wildman–Crippen MR) is 81.5 cm³/mol. The Labute approximate surface area is 127 Å². The molecule has 1 aliphatic rings. The number of hydrogen-bond donors (Lipinski definition) is 2. The van der Waals surface area contributed by atoms with Gasteiger partial charge in [0.05, 0.1) is 24.0 Å². The van der Waals surface area contributed by atoms with Gasteiger partial charge in [-0.25, -0.2) is 13.2 Å². The topological polar surface area (TPSA) is 108 Å². The summed E-state index contributed by atoms with van der Waals surface area (Å²) < 4.78 is 30.2. The number of nitrogens with one attached hydrogen (secondary N) is 2. The van der Waals surface area contributed by atoms with Crippen LogP contribution in [0, 0.1) is 0 Å². The van der Waals surface area contributed by atoms with E-state index < -0.39 is 15.8 Å². The largest absolute Gasteiger partial charge is 0.440 e. The summed E-state index contributed by atoms with van der Waals surface area (Å²) in [6, 6.07) is 6.77. The zero-order valence-electron chi connectivity index (χ0n) is 12.1. The fraction of sp³-hybridized carbons (Fsp3) is 0.385. The predicted octanol–water partition coefficient (Wildman–Crippen LogP) is 0.554. The lowest BCUT2D eigenvalue weighted by molar-refractivity contribution is 0.387. The van der Waals surface area contributed by atoms with Gasteiger partial charge in [-0.05, 0) is 30.1 Å². The Morgan fingerprint density at radius 2 is 2.14 bits per heavy atom. The average Bonchev–Trinajstić information content (AvgIpc) is 2.83. The lowest BCUT2D eigenvalue weighted by Gasteiger charge is -2.40. The third-order valence-corrected chi connectivity index (χ3v) is 4.98. The van der Waals surface area contributed by atoms with Gasteiger partial charge >= 0.3 is 5.76 Å². The van der Waals surface area contributed by atoms with E-state index in [9.17, 15) is 13.2 Å². The normalized spacial score (nSPS) is 21.5. The van der Waals surface area contributed by atoms with Gasteiger partial charge in [0.1, 0.15) is 0 Å². The molecule has 0 saturated heterocycles. The van der Waals surface area contributed by atoms with Crippen LogP contribution in [0.3, 0.4) is 0 Å². The first kappa shape index (κ1) is 14.6. The van der Waals surface area contributed by atoms with Crippen LogP contribution in [0.4, 0.5) is 11.6 Å². The second-order valence-corrected chi connectivity index (χ2v) is 7.19. The molecule has 118 valence electrons. The quantitative estimate of drug-likeness (QED) is 0.854. The Morgan fingerprint density at radius 1 is 1.41 bits per heavy atom. The molecular weight excluding hydrogens is 308 g/mol. The van der Waals surface area contributed by atoms with Crippen molar-refractivity contribution in [2.75, 3.05) is 15.9 Å². The molecule has 2 atom stereocenters. The van der Waals surface area contributed by atoms with Crippen LogP contribution in [0.2, 0.25) is 0 Å². The number of sulfonamides is 1. The molecule has 0 amide bonds. The Hall–Kier alpha value is -2.29. The third kappa shape index (κ3) is 2.59. The van der Waals surface area contributed by atoms with Crippen molar-refractivity contribution in [1.82, 2.24) is 10.1 Å². The zero-order chi connectivity index (χ0) is 15.9. The summed E-state index contributed by atoms with van der Waals surface area (Å²) in [4.78, 5) is 13.4. The minimum Gasteiger partial charge on any atom is -0.348 e. The standard InChI is InChI=1S/C13H16N4O4S/c1-8-10(14-12-15-13(18)21-16-12)7-9-5-3-4-6-11(9)17(8)22(2,19)20/h3-6,8,10H,7H2,1-2H3,(H2,14,15,16,18)/t8-,10-/m1/s1. The van der Waals surface area contributed by atoms with Crippen LogP contribution in [0.25, 0.3) is 0 Å². The van der Waals surface area contributed by atoms with Gasteiger partial charge in [0, 0.05) is 0 Å². The SMILES string of the molecule is C[C@@H]1[C@H](Nc2noc(=O)[nH]2)Cc2ccccc2N1S(C)(=O)=O. The highest BCUT2D eigenvalue weighted by molar-refractivity contribution is 7.92. The fourth-order valence-electron chi connectivity index (χ4n) is 2.81. The number of benzene rings is 1. The van der Waals surface area contributed by atoms with Crippen molar-refractivity contribution in [1.29, 1.82) is 0 Å². The van der Waals surface area contributed by atoms with Crippen molar-refractivity contribution in [2.45, 2.75) is 25.4 Å². The maximum absolute atomic E-state index is 12.2. The summed E-state index contributed by atoms with van der Waals surface area (Å²) in [5.74, 6) is -0.471. The molecule has 0 fully saturated rings. The van der Waals surface area contributed by atoms with Crippen molar-refractivity contribution >= 4 is 21.7 Å². The molecular formula is C13H16N4O4S. The maximum Gasteiger partial charge on any atom is 0.440 e. The van der Waals surface area contributed by atoms with Gasteiger partial charge in [-0.15, -0.1) is 0 Å². The zero-order valence-corrected chi connectivity index (χ0v) is 12.9. The minimum atomic E-state index is -3.43. The smallest absolute Gasteiger partial charge is 0.348 e. The molecule has 8 nitrogen and oxygen atoms in total. The van der Waals surface area contributed by atoms with E-state index in [1.807, 2.05) is 25.1 Å². The first-order valence-corrected chi connectivity index (χ1v) is 8.61. The van der Waals surface area contributed by atoms with Gasteiger partial charge in [-0.2, -0.15) is 0 Å². The van der Waals surface area contributed by atoms with Crippen LogP contribution >= 0.6 is 0 Å². The summed E-state index contributed by atoms with van der Waals surface area (Å²) in [7, 11) is -3.43. The first-order valence-electron chi connectivity index (χ1n) is 6.76. The fourth-order valence-corrected chi connectivity index (χ4v) is 4.09. The van der Waals surface area contributed by atoms with Crippen LogP contribution in [-0.2, 0) is 16.4 Å². The third-order valence-electron chi connectivity index (χ3n) is 3.74. The van der Waals surface area contributed by atoms with Gasteiger partial charge in [0.2, 0.25) is 16.0 Å². The van der Waals surface area contributed by atoms with Crippen LogP contribution in [0.5, 0.6) is 0 Å². The lowest BCUT2D eigenvalue weighted by Crippen LogP contribution is -2.52. The van der Waals surface area contributed by atoms with E-state index in [1.54, 1.807) is 6.07 Å². The van der Waals surface area contributed by atoms with Crippen LogP contribution in [0.15, 0.2) is 33.6 Å². The minimum absolute atomic E-state index is 0.190. The molecule has 2 N–H and O–H groups in total. The second-order valence-electron chi connectivity index (χ2n) is 5.33. The van der Waals surface area contributed by atoms with Crippen molar-refractivity contribution in [2.24, 2.45) is 0 Å². The highest BCUT2D eigenvalue weighted by Crippen LogP contribution is 2.33. The van der Waals surface area contributed by atoms with E-state index in [4.69, 9.17) is 0 Å². The molecule has 22 heavy (non-hydrogen) atoms. The number of para-hydroxylation sites is 1. The molecule has 0 saturated carbocycles.